The van der Waals surface area contributed by atoms with Crippen molar-refractivity contribution in [2.75, 3.05) is 20.3 Å². The zero-order valence-corrected chi connectivity index (χ0v) is 12.6. The molecule has 0 heterocycles. The second-order valence-electron chi connectivity index (χ2n) is 4.15. The summed E-state index contributed by atoms with van der Waals surface area (Å²) in [4.78, 5) is 4.21. The molecule has 1 aromatic carbocycles. The highest BCUT2D eigenvalue weighted by molar-refractivity contribution is 6.35. The molecule has 4 nitrogen and oxygen atoms in total. The van der Waals surface area contributed by atoms with E-state index >= 15 is 0 Å². The number of aliphatic imine (C=N–C) groups is 1. The second-order valence-corrected chi connectivity index (χ2v) is 4.99. The highest BCUT2D eigenvalue weighted by Crippen LogP contribution is 2.25. The van der Waals surface area contributed by atoms with Gasteiger partial charge in [0.2, 0.25) is 0 Å². The number of benzene rings is 1. The number of nitrogens with two attached hydrogens (primary N) is 1. The number of hydrogen-bond acceptors (Lipinski definition) is 2. The van der Waals surface area contributed by atoms with Gasteiger partial charge in [-0.25, -0.2) is 0 Å². The van der Waals surface area contributed by atoms with Gasteiger partial charge in [0.1, 0.15) is 0 Å². The van der Waals surface area contributed by atoms with E-state index in [1.54, 1.807) is 19.2 Å². The van der Waals surface area contributed by atoms with Crippen LogP contribution in [0, 0.1) is 0 Å². The van der Waals surface area contributed by atoms with Crippen LogP contribution in [0.3, 0.4) is 0 Å². The molecule has 1 rings (SSSR count). The maximum absolute atomic E-state index is 6.13. The fourth-order valence-corrected chi connectivity index (χ4v) is 2.18. The first-order chi connectivity index (χ1) is 9.04. The van der Waals surface area contributed by atoms with Gasteiger partial charge in [-0.2, -0.15) is 0 Å². The molecule has 0 aliphatic heterocycles. The summed E-state index contributed by atoms with van der Waals surface area (Å²) in [5.41, 5.74) is 6.73. The van der Waals surface area contributed by atoms with Crippen molar-refractivity contribution >= 4 is 29.2 Å². The van der Waals surface area contributed by atoms with Gasteiger partial charge in [-0.1, -0.05) is 29.3 Å². The van der Waals surface area contributed by atoms with Crippen molar-refractivity contribution in [2.24, 2.45) is 10.7 Å². The van der Waals surface area contributed by atoms with Crippen LogP contribution in [0.15, 0.2) is 23.2 Å². The topological polar surface area (TPSA) is 59.6 Å². The number of rotatable bonds is 6. The van der Waals surface area contributed by atoms with Crippen molar-refractivity contribution in [3.8, 4) is 0 Å². The number of nitrogens with zero attached hydrogens (tertiary/aromatic N) is 1. The van der Waals surface area contributed by atoms with Gasteiger partial charge in [-0.15, -0.1) is 0 Å². The number of halogens is 2. The molecule has 0 radical (unpaired) electrons. The van der Waals surface area contributed by atoms with Crippen LogP contribution in [-0.2, 0) is 4.74 Å². The first-order valence-electron chi connectivity index (χ1n) is 6.05. The molecule has 0 spiro atoms. The number of methoxy groups -OCH3 is 1. The Morgan fingerprint density at radius 1 is 1.47 bits per heavy atom. The zero-order valence-electron chi connectivity index (χ0n) is 11.1. The van der Waals surface area contributed by atoms with E-state index in [-0.39, 0.29) is 6.04 Å². The van der Waals surface area contributed by atoms with Gasteiger partial charge in [0.15, 0.2) is 5.96 Å². The molecule has 0 aliphatic carbocycles. The van der Waals surface area contributed by atoms with Crippen molar-refractivity contribution in [3.63, 3.8) is 0 Å². The molecule has 0 fully saturated rings. The maximum Gasteiger partial charge on any atom is 0.189 e. The van der Waals surface area contributed by atoms with E-state index in [4.69, 9.17) is 33.7 Å². The number of guanidine groups is 1. The summed E-state index contributed by atoms with van der Waals surface area (Å²) in [6.45, 7) is 3.27. The number of nitrogens with one attached hydrogen (secondary N) is 1. The van der Waals surface area contributed by atoms with Gasteiger partial charge >= 0.3 is 0 Å². The Balaban J connectivity index is 2.56. The monoisotopic (exact) mass is 303 g/mol. The van der Waals surface area contributed by atoms with Crippen LogP contribution in [0.4, 0.5) is 0 Å². The fraction of sp³-hybridized carbons (Fsp3) is 0.462. The molecule has 0 saturated heterocycles. The summed E-state index contributed by atoms with van der Waals surface area (Å²) in [7, 11) is 1.66. The lowest BCUT2D eigenvalue weighted by Gasteiger charge is -2.16. The summed E-state index contributed by atoms with van der Waals surface area (Å²) in [5, 5.41) is 4.32. The molecule has 1 unspecified atom stereocenters. The maximum atomic E-state index is 6.13. The van der Waals surface area contributed by atoms with Gasteiger partial charge in [-0.05, 0) is 31.0 Å². The van der Waals surface area contributed by atoms with Crippen molar-refractivity contribution in [1.29, 1.82) is 0 Å². The molecule has 0 saturated carbocycles. The lowest BCUT2D eigenvalue weighted by Crippen LogP contribution is -2.34. The van der Waals surface area contributed by atoms with Crippen LogP contribution < -0.4 is 11.1 Å². The highest BCUT2D eigenvalue weighted by atomic mass is 35.5. The summed E-state index contributed by atoms with van der Waals surface area (Å²) in [6.07, 6.45) is 0.842. The summed E-state index contributed by atoms with van der Waals surface area (Å²) < 4.78 is 4.94. The highest BCUT2D eigenvalue weighted by Gasteiger charge is 2.10. The fourth-order valence-electron chi connectivity index (χ4n) is 1.61. The van der Waals surface area contributed by atoms with Crippen LogP contribution in [0.2, 0.25) is 10.0 Å². The third-order valence-electron chi connectivity index (χ3n) is 2.58. The summed E-state index contributed by atoms with van der Waals surface area (Å²) in [5.74, 6) is 0.398. The summed E-state index contributed by atoms with van der Waals surface area (Å²) >= 11 is 12.0. The van der Waals surface area contributed by atoms with Gasteiger partial charge < -0.3 is 15.8 Å². The quantitative estimate of drug-likeness (QED) is 0.482. The molecule has 1 aromatic rings. The van der Waals surface area contributed by atoms with Crippen LogP contribution in [0.25, 0.3) is 0 Å². The van der Waals surface area contributed by atoms with E-state index in [1.165, 1.54) is 0 Å². The Labute approximate surface area is 123 Å². The van der Waals surface area contributed by atoms with Crippen molar-refractivity contribution in [1.82, 2.24) is 5.32 Å². The van der Waals surface area contributed by atoms with Gasteiger partial charge in [0.25, 0.3) is 0 Å². The first kappa shape index (κ1) is 16.1. The second kappa shape index (κ2) is 8.25. The molecule has 0 bridgehead atoms. The Hall–Kier alpha value is -0.970. The largest absolute Gasteiger partial charge is 0.385 e. The van der Waals surface area contributed by atoms with E-state index in [0.717, 1.165) is 12.0 Å². The number of ether oxygens (including phenoxy) is 1. The molecule has 3 N–H and O–H groups in total. The van der Waals surface area contributed by atoms with Crippen LogP contribution >= 0.6 is 23.2 Å². The van der Waals surface area contributed by atoms with Crippen molar-refractivity contribution in [2.45, 2.75) is 19.4 Å². The predicted octanol–water partition coefficient (Wildman–Crippen LogP) is 3.00. The van der Waals surface area contributed by atoms with Gasteiger partial charge in [-0.3, -0.25) is 4.99 Å². The Bertz CT molecular complexity index is 438. The average Bonchev–Trinajstić information content (AvgIpc) is 2.34. The molecular weight excluding hydrogens is 285 g/mol. The van der Waals surface area contributed by atoms with E-state index in [2.05, 4.69) is 10.3 Å². The SMILES string of the molecule is COCCCN=C(N)NC(C)c1ccc(Cl)cc1Cl. The normalized spacial score (nSPS) is 13.4. The summed E-state index contributed by atoms with van der Waals surface area (Å²) in [6, 6.07) is 5.35. The van der Waals surface area contributed by atoms with Crippen LogP contribution in [0.5, 0.6) is 0 Å². The van der Waals surface area contributed by atoms with E-state index in [1.807, 2.05) is 13.0 Å². The van der Waals surface area contributed by atoms with E-state index < -0.39 is 0 Å². The predicted molar refractivity (Wildman–Crippen MR) is 81.0 cm³/mol. The molecule has 6 heteroatoms. The van der Waals surface area contributed by atoms with Gasteiger partial charge in [0, 0.05) is 30.3 Å². The smallest absolute Gasteiger partial charge is 0.189 e. The Morgan fingerprint density at radius 2 is 2.21 bits per heavy atom. The average molecular weight is 304 g/mol. The molecule has 1 atom stereocenters. The van der Waals surface area contributed by atoms with Gasteiger partial charge in [0.05, 0.1) is 6.04 Å². The van der Waals surface area contributed by atoms with Crippen molar-refractivity contribution < 1.29 is 4.74 Å². The third kappa shape index (κ3) is 5.68. The van der Waals surface area contributed by atoms with Crippen molar-refractivity contribution in [3.05, 3.63) is 33.8 Å². The molecule has 0 amide bonds. The standard InChI is InChI=1S/C13H19Cl2N3O/c1-9(11-5-4-10(14)8-12(11)15)18-13(16)17-6-3-7-19-2/h4-5,8-9H,3,6-7H2,1-2H3,(H3,16,17,18). The van der Waals surface area contributed by atoms with Crippen LogP contribution in [-0.4, -0.2) is 26.2 Å². The molecule has 0 aromatic heterocycles. The Kier molecular flexibility index (Phi) is 6.99. The first-order valence-corrected chi connectivity index (χ1v) is 6.80. The van der Waals surface area contributed by atoms with E-state index in [9.17, 15) is 0 Å². The molecule has 106 valence electrons. The Morgan fingerprint density at radius 3 is 2.84 bits per heavy atom. The van der Waals surface area contributed by atoms with Crippen LogP contribution in [0.1, 0.15) is 24.9 Å². The lowest BCUT2D eigenvalue weighted by atomic mass is 10.1. The molecule has 19 heavy (non-hydrogen) atoms. The minimum Gasteiger partial charge on any atom is -0.385 e. The minimum absolute atomic E-state index is 0.0315. The zero-order chi connectivity index (χ0) is 14.3. The lowest BCUT2D eigenvalue weighted by molar-refractivity contribution is 0.197. The third-order valence-corrected chi connectivity index (χ3v) is 3.14. The van der Waals surface area contributed by atoms with E-state index in [0.29, 0.717) is 29.2 Å². The molecular formula is C13H19Cl2N3O. The molecule has 0 aliphatic rings. The minimum atomic E-state index is -0.0315. The number of hydrogen-bond donors (Lipinski definition) is 2.